The van der Waals surface area contributed by atoms with E-state index in [1.54, 1.807) is 11.3 Å². The Morgan fingerprint density at radius 1 is 1.14 bits per heavy atom. The standard InChI is InChI=1S/C24H21ClN2OS/c1-3-16-6-8-17(9-7-16)22-13-20(24(28)26-14-18-5-4-12-29-18)19-10-11-21(25)15(2)23(19)27-22/h4-13H,3,14H2,1-2H3,(H,26,28). The molecule has 29 heavy (non-hydrogen) atoms. The fourth-order valence-electron chi connectivity index (χ4n) is 3.33. The number of carbonyl (C=O) groups excluding carboxylic acids is 1. The first-order valence-corrected chi connectivity index (χ1v) is 10.8. The van der Waals surface area contributed by atoms with E-state index in [9.17, 15) is 4.79 Å². The van der Waals surface area contributed by atoms with Crippen molar-refractivity contribution in [3.63, 3.8) is 0 Å². The molecule has 5 heteroatoms. The molecular weight excluding hydrogens is 400 g/mol. The monoisotopic (exact) mass is 420 g/mol. The minimum absolute atomic E-state index is 0.112. The van der Waals surface area contributed by atoms with Gasteiger partial charge in [-0.05, 0) is 48.1 Å². The molecule has 0 fully saturated rings. The SMILES string of the molecule is CCc1ccc(-c2cc(C(=O)NCc3cccs3)c3ccc(Cl)c(C)c3n2)cc1. The van der Waals surface area contributed by atoms with Crippen LogP contribution in [-0.4, -0.2) is 10.9 Å². The Hall–Kier alpha value is -2.69. The number of carbonyl (C=O) groups is 1. The summed E-state index contributed by atoms with van der Waals surface area (Å²) in [5.41, 5.74) is 5.27. The van der Waals surface area contributed by atoms with Gasteiger partial charge in [-0.2, -0.15) is 0 Å². The van der Waals surface area contributed by atoms with Crippen molar-refractivity contribution in [2.45, 2.75) is 26.8 Å². The molecule has 0 atom stereocenters. The molecule has 0 aliphatic heterocycles. The Kier molecular flexibility index (Phi) is 5.65. The van der Waals surface area contributed by atoms with Crippen molar-refractivity contribution in [1.29, 1.82) is 0 Å². The van der Waals surface area contributed by atoms with Gasteiger partial charge in [0, 0.05) is 20.8 Å². The largest absolute Gasteiger partial charge is 0.347 e. The minimum Gasteiger partial charge on any atom is -0.347 e. The number of amides is 1. The highest BCUT2D eigenvalue weighted by atomic mass is 35.5. The van der Waals surface area contributed by atoms with Crippen LogP contribution in [0.1, 0.15) is 33.3 Å². The van der Waals surface area contributed by atoms with Crippen LogP contribution >= 0.6 is 22.9 Å². The third-order valence-corrected chi connectivity index (χ3v) is 6.36. The highest BCUT2D eigenvalue weighted by molar-refractivity contribution is 7.09. The number of halogens is 1. The van der Waals surface area contributed by atoms with Gasteiger partial charge in [0.25, 0.3) is 5.91 Å². The van der Waals surface area contributed by atoms with Crippen LogP contribution in [-0.2, 0) is 13.0 Å². The van der Waals surface area contributed by atoms with Crippen LogP contribution in [0.25, 0.3) is 22.2 Å². The molecule has 0 saturated heterocycles. The zero-order valence-electron chi connectivity index (χ0n) is 16.3. The maximum Gasteiger partial charge on any atom is 0.252 e. The lowest BCUT2D eigenvalue weighted by Gasteiger charge is -2.13. The Morgan fingerprint density at radius 3 is 2.62 bits per heavy atom. The van der Waals surface area contributed by atoms with E-state index < -0.39 is 0 Å². The second-order valence-electron chi connectivity index (χ2n) is 6.94. The van der Waals surface area contributed by atoms with E-state index >= 15 is 0 Å². The van der Waals surface area contributed by atoms with Gasteiger partial charge in [0.1, 0.15) is 0 Å². The van der Waals surface area contributed by atoms with E-state index in [1.165, 1.54) is 5.56 Å². The van der Waals surface area contributed by atoms with E-state index in [0.717, 1.165) is 39.0 Å². The molecule has 146 valence electrons. The molecule has 0 saturated carbocycles. The Balaban J connectivity index is 1.80. The predicted octanol–water partition coefficient (Wildman–Crippen LogP) is 6.42. The summed E-state index contributed by atoms with van der Waals surface area (Å²) < 4.78 is 0. The quantitative estimate of drug-likeness (QED) is 0.405. The Morgan fingerprint density at radius 2 is 1.93 bits per heavy atom. The molecule has 4 rings (SSSR count). The molecule has 0 spiro atoms. The number of fused-ring (bicyclic) bond motifs is 1. The number of thiophene rings is 1. The van der Waals surface area contributed by atoms with Crippen LogP contribution in [0.4, 0.5) is 0 Å². The van der Waals surface area contributed by atoms with Crippen LogP contribution in [0.5, 0.6) is 0 Å². The summed E-state index contributed by atoms with van der Waals surface area (Å²) in [6.45, 7) is 4.58. The van der Waals surface area contributed by atoms with Gasteiger partial charge in [0.15, 0.2) is 0 Å². The number of aromatic nitrogens is 1. The van der Waals surface area contributed by atoms with Crippen molar-refractivity contribution in [3.8, 4) is 11.3 Å². The maximum absolute atomic E-state index is 13.1. The smallest absolute Gasteiger partial charge is 0.252 e. The number of hydrogen-bond donors (Lipinski definition) is 1. The zero-order chi connectivity index (χ0) is 20.4. The van der Waals surface area contributed by atoms with E-state index in [1.807, 2.05) is 42.6 Å². The fraction of sp³-hybridized carbons (Fsp3) is 0.167. The summed E-state index contributed by atoms with van der Waals surface area (Å²) in [5.74, 6) is -0.112. The molecule has 0 aliphatic carbocycles. The van der Waals surface area contributed by atoms with Crippen LogP contribution in [0.15, 0.2) is 60.0 Å². The lowest BCUT2D eigenvalue weighted by Crippen LogP contribution is -2.23. The third-order valence-electron chi connectivity index (χ3n) is 5.07. The Labute approximate surface area is 179 Å². The van der Waals surface area contributed by atoms with Gasteiger partial charge in [0.05, 0.1) is 23.3 Å². The Bertz CT molecular complexity index is 1170. The summed E-state index contributed by atoms with van der Waals surface area (Å²) in [6.07, 6.45) is 0.983. The summed E-state index contributed by atoms with van der Waals surface area (Å²) >= 11 is 7.97. The van der Waals surface area contributed by atoms with Crippen molar-refractivity contribution in [1.82, 2.24) is 10.3 Å². The van der Waals surface area contributed by atoms with Gasteiger partial charge in [-0.1, -0.05) is 54.9 Å². The molecule has 0 bridgehead atoms. The number of aryl methyl sites for hydroxylation is 2. The number of pyridine rings is 1. The molecule has 0 unspecified atom stereocenters. The lowest BCUT2D eigenvalue weighted by atomic mass is 10.0. The summed E-state index contributed by atoms with van der Waals surface area (Å²) in [5, 5.41) is 6.50. The number of benzene rings is 2. The van der Waals surface area contributed by atoms with Crippen molar-refractivity contribution in [3.05, 3.63) is 86.6 Å². The third kappa shape index (κ3) is 4.04. The molecule has 3 nitrogen and oxygen atoms in total. The number of nitrogens with zero attached hydrogens (tertiary/aromatic N) is 1. The van der Waals surface area contributed by atoms with Crippen LogP contribution in [0, 0.1) is 6.92 Å². The molecule has 1 amide bonds. The number of rotatable bonds is 5. The van der Waals surface area contributed by atoms with Crippen LogP contribution < -0.4 is 5.32 Å². The minimum atomic E-state index is -0.112. The van der Waals surface area contributed by atoms with Gasteiger partial charge < -0.3 is 5.32 Å². The normalized spacial score (nSPS) is 11.0. The second kappa shape index (κ2) is 8.36. The van der Waals surface area contributed by atoms with E-state index in [4.69, 9.17) is 16.6 Å². The van der Waals surface area contributed by atoms with Crippen LogP contribution in [0.3, 0.4) is 0 Å². The van der Waals surface area contributed by atoms with E-state index in [-0.39, 0.29) is 5.91 Å². The topological polar surface area (TPSA) is 42.0 Å². The summed E-state index contributed by atoms with van der Waals surface area (Å²) in [4.78, 5) is 19.0. The summed E-state index contributed by atoms with van der Waals surface area (Å²) in [7, 11) is 0. The number of hydrogen-bond acceptors (Lipinski definition) is 3. The highest BCUT2D eigenvalue weighted by Crippen LogP contribution is 2.30. The van der Waals surface area contributed by atoms with Gasteiger partial charge in [0.2, 0.25) is 0 Å². The molecule has 0 radical (unpaired) electrons. The first-order chi connectivity index (χ1) is 14.1. The van der Waals surface area contributed by atoms with E-state index in [2.05, 4.69) is 36.5 Å². The van der Waals surface area contributed by atoms with Gasteiger partial charge in [-0.25, -0.2) is 4.98 Å². The van der Waals surface area contributed by atoms with Crippen LogP contribution in [0.2, 0.25) is 5.02 Å². The first-order valence-electron chi connectivity index (χ1n) is 9.56. The van der Waals surface area contributed by atoms with Crippen molar-refractivity contribution < 1.29 is 4.79 Å². The van der Waals surface area contributed by atoms with E-state index in [0.29, 0.717) is 17.1 Å². The number of nitrogens with one attached hydrogen (secondary N) is 1. The lowest BCUT2D eigenvalue weighted by molar-refractivity contribution is 0.0953. The predicted molar refractivity (Wildman–Crippen MR) is 122 cm³/mol. The van der Waals surface area contributed by atoms with Crippen molar-refractivity contribution in [2.75, 3.05) is 0 Å². The maximum atomic E-state index is 13.1. The zero-order valence-corrected chi connectivity index (χ0v) is 17.9. The van der Waals surface area contributed by atoms with Crippen molar-refractivity contribution >= 4 is 39.7 Å². The van der Waals surface area contributed by atoms with Gasteiger partial charge >= 0.3 is 0 Å². The average molecular weight is 421 g/mol. The molecule has 0 aliphatic rings. The molecule has 2 aromatic heterocycles. The summed E-state index contributed by atoms with van der Waals surface area (Å²) in [6, 6.07) is 17.9. The van der Waals surface area contributed by atoms with Crippen molar-refractivity contribution in [2.24, 2.45) is 0 Å². The molecule has 2 aromatic carbocycles. The van der Waals surface area contributed by atoms with Gasteiger partial charge in [-0.15, -0.1) is 11.3 Å². The second-order valence-corrected chi connectivity index (χ2v) is 8.38. The fourth-order valence-corrected chi connectivity index (χ4v) is 4.12. The molecule has 4 aromatic rings. The molecular formula is C24H21ClN2OS. The highest BCUT2D eigenvalue weighted by Gasteiger charge is 2.16. The molecule has 2 heterocycles. The average Bonchev–Trinajstić information content (AvgIpc) is 3.28. The molecule has 1 N–H and O–H groups in total. The van der Waals surface area contributed by atoms with Gasteiger partial charge in [-0.3, -0.25) is 4.79 Å². The first kappa shape index (κ1) is 19.6.